The van der Waals surface area contributed by atoms with Crippen LogP contribution in [0.1, 0.15) is 4.88 Å². The van der Waals surface area contributed by atoms with Crippen molar-refractivity contribution >= 4 is 66.2 Å². The van der Waals surface area contributed by atoms with Gasteiger partial charge in [-0.3, -0.25) is 4.72 Å². The van der Waals surface area contributed by atoms with Crippen LogP contribution in [0.25, 0.3) is 0 Å². The van der Waals surface area contributed by atoms with Crippen molar-refractivity contribution in [2.24, 2.45) is 5.73 Å². The number of sulfonamides is 1. The summed E-state index contributed by atoms with van der Waals surface area (Å²) in [6, 6.07) is 3.39. The van der Waals surface area contributed by atoms with Gasteiger partial charge in [0.2, 0.25) is 0 Å². The fraction of sp³-hybridized carbons (Fsp3) is 0.0909. The molecule has 0 atom stereocenters. The molecular weight excluding hydrogens is 426 g/mol. The summed E-state index contributed by atoms with van der Waals surface area (Å²) in [5.41, 5.74) is 5.41. The fourth-order valence-electron chi connectivity index (χ4n) is 1.51. The van der Waals surface area contributed by atoms with Crippen LogP contribution in [0, 0.1) is 5.82 Å². The predicted molar refractivity (Wildman–Crippen MR) is 87.1 cm³/mol. The van der Waals surface area contributed by atoms with E-state index in [1.165, 1.54) is 17.4 Å². The smallest absolute Gasteiger partial charge is 0.263 e. The van der Waals surface area contributed by atoms with Crippen molar-refractivity contribution < 1.29 is 12.8 Å². The number of nitrogens with one attached hydrogen (secondary N) is 1. The van der Waals surface area contributed by atoms with Crippen LogP contribution in [0.5, 0.6) is 0 Å². The third kappa shape index (κ3) is 3.69. The molecule has 0 amide bonds. The first-order valence-corrected chi connectivity index (χ1v) is 9.25. The van der Waals surface area contributed by atoms with Crippen molar-refractivity contribution in [3.63, 3.8) is 0 Å². The average Bonchev–Trinajstić information content (AvgIpc) is 2.76. The lowest BCUT2D eigenvalue weighted by Crippen LogP contribution is -2.13. The summed E-state index contributed by atoms with van der Waals surface area (Å²) in [4.78, 5) is 0.711. The van der Waals surface area contributed by atoms with Crippen LogP contribution in [-0.2, 0) is 16.6 Å². The van der Waals surface area contributed by atoms with E-state index in [1.807, 2.05) is 0 Å². The molecule has 3 N–H and O–H groups in total. The van der Waals surface area contributed by atoms with Crippen LogP contribution in [0.3, 0.4) is 0 Å². The number of hydrogen-bond donors (Lipinski definition) is 2. The minimum Gasteiger partial charge on any atom is -0.326 e. The van der Waals surface area contributed by atoms with E-state index >= 15 is 0 Å². The Morgan fingerprint density at radius 2 is 1.86 bits per heavy atom. The highest BCUT2D eigenvalue weighted by atomic mass is 79.9. The minimum atomic E-state index is -3.92. The van der Waals surface area contributed by atoms with Gasteiger partial charge in [0, 0.05) is 11.4 Å². The number of anilines is 1. The Morgan fingerprint density at radius 1 is 1.29 bits per heavy atom. The highest BCUT2D eigenvalue weighted by Crippen LogP contribution is 2.36. The van der Waals surface area contributed by atoms with Crippen LogP contribution in [0.4, 0.5) is 10.1 Å². The van der Waals surface area contributed by atoms with E-state index in [2.05, 4.69) is 20.7 Å². The Bertz CT molecular complexity index is 773. The van der Waals surface area contributed by atoms with Gasteiger partial charge in [-0.05, 0) is 34.1 Å². The number of halogens is 4. The standard InChI is InChI=1S/C11H8BrCl2FN2O2S2/c12-11-9(3-6(4-16)20-11)21(18,19)17-10-7(13)1-5(15)2-8(10)14/h1-3,17H,4,16H2. The van der Waals surface area contributed by atoms with Crippen molar-refractivity contribution in [1.29, 1.82) is 0 Å². The molecule has 114 valence electrons. The molecule has 10 heteroatoms. The predicted octanol–water partition coefficient (Wildman–Crippen LogP) is 4.22. The molecule has 0 saturated heterocycles. The molecule has 2 aromatic rings. The molecule has 0 aliphatic carbocycles. The van der Waals surface area contributed by atoms with Gasteiger partial charge in [0.1, 0.15) is 10.7 Å². The molecule has 1 heterocycles. The molecule has 0 spiro atoms. The third-order valence-electron chi connectivity index (χ3n) is 2.44. The van der Waals surface area contributed by atoms with Crippen LogP contribution in [0.15, 0.2) is 26.9 Å². The molecule has 1 aromatic carbocycles. The zero-order valence-corrected chi connectivity index (χ0v) is 14.9. The summed E-state index contributed by atoms with van der Waals surface area (Å²) in [5, 5.41) is -0.261. The van der Waals surface area contributed by atoms with E-state index in [1.54, 1.807) is 0 Å². The van der Waals surface area contributed by atoms with Crippen LogP contribution < -0.4 is 10.5 Å². The molecule has 1 aromatic heterocycles. The summed E-state index contributed by atoms with van der Waals surface area (Å²) in [6.45, 7) is 0.219. The first-order valence-electron chi connectivity index (χ1n) is 5.40. The summed E-state index contributed by atoms with van der Waals surface area (Å²) in [6.07, 6.45) is 0. The number of rotatable bonds is 4. The van der Waals surface area contributed by atoms with Crippen LogP contribution in [0.2, 0.25) is 10.0 Å². The van der Waals surface area contributed by atoms with E-state index in [0.717, 1.165) is 12.1 Å². The third-order valence-corrected chi connectivity index (χ3v) is 6.66. The lowest BCUT2D eigenvalue weighted by atomic mass is 10.3. The molecule has 0 aliphatic heterocycles. The maximum absolute atomic E-state index is 13.1. The van der Waals surface area contributed by atoms with Gasteiger partial charge in [-0.2, -0.15) is 0 Å². The Balaban J connectivity index is 2.44. The SMILES string of the molecule is NCc1cc(S(=O)(=O)Nc2c(Cl)cc(F)cc2Cl)c(Br)s1. The summed E-state index contributed by atoms with van der Waals surface area (Å²) in [7, 11) is -3.92. The first kappa shape index (κ1) is 17.0. The second-order valence-corrected chi connectivity index (χ2v) is 8.82. The number of thiophene rings is 1. The Labute approximate surface area is 143 Å². The Hall–Kier alpha value is -0.380. The van der Waals surface area contributed by atoms with Crippen molar-refractivity contribution in [3.05, 3.63) is 42.7 Å². The molecule has 4 nitrogen and oxygen atoms in total. The number of benzene rings is 1. The van der Waals surface area contributed by atoms with Gasteiger partial charge in [-0.1, -0.05) is 23.2 Å². The molecule has 0 aliphatic rings. The van der Waals surface area contributed by atoms with E-state index in [0.29, 0.717) is 8.66 Å². The van der Waals surface area contributed by atoms with Gasteiger partial charge >= 0.3 is 0 Å². The maximum atomic E-state index is 13.1. The fourth-order valence-corrected chi connectivity index (χ4v) is 5.84. The zero-order valence-electron chi connectivity index (χ0n) is 10.2. The van der Waals surface area contributed by atoms with Gasteiger partial charge in [0.15, 0.2) is 0 Å². The monoisotopic (exact) mass is 432 g/mol. The van der Waals surface area contributed by atoms with Crippen LogP contribution >= 0.6 is 50.5 Å². The minimum absolute atomic E-state index is 0.0180. The normalized spacial score (nSPS) is 11.7. The lowest BCUT2D eigenvalue weighted by molar-refractivity contribution is 0.601. The molecule has 21 heavy (non-hydrogen) atoms. The molecule has 0 fully saturated rings. The molecule has 0 bridgehead atoms. The van der Waals surface area contributed by atoms with E-state index in [9.17, 15) is 12.8 Å². The van der Waals surface area contributed by atoms with Gasteiger partial charge in [-0.25, -0.2) is 12.8 Å². The Kier molecular flexibility index (Phi) is 5.17. The number of hydrogen-bond acceptors (Lipinski definition) is 4. The highest BCUT2D eigenvalue weighted by molar-refractivity contribution is 9.11. The van der Waals surface area contributed by atoms with Gasteiger partial charge < -0.3 is 5.73 Å². The van der Waals surface area contributed by atoms with Crippen molar-refractivity contribution in [2.45, 2.75) is 11.4 Å². The summed E-state index contributed by atoms with van der Waals surface area (Å²) < 4.78 is 40.5. The molecular formula is C11H8BrCl2FN2O2S2. The second-order valence-electron chi connectivity index (χ2n) is 3.90. The topological polar surface area (TPSA) is 72.2 Å². The van der Waals surface area contributed by atoms with Gasteiger partial charge in [0.05, 0.1) is 19.5 Å². The molecule has 0 radical (unpaired) electrons. The van der Waals surface area contributed by atoms with Gasteiger partial charge in [0.25, 0.3) is 10.0 Å². The summed E-state index contributed by atoms with van der Waals surface area (Å²) in [5.74, 6) is -0.657. The van der Waals surface area contributed by atoms with Crippen molar-refractivity contribution in [3.8, 4) is 0 Å². The first-order chi connectivity index (χ1) is 9.74. The largest absolute Gasteiger partial charge is 0.326 e. The van der Waals surface area contributed by atoms with E-state index < -0.39 is 15.8 Å². The zero-order chi connectivity index (χ0) is 15.8. The second kappa shape index (κ2) is 6.39. The number of nitrogens with two attached hydrogens (primary N) is 1. The average molecular weight is 434 g/mol. The van der Waals surface area contributed by atoms with E-state index in [4.69, 9.17) is 28.9 Å². The van der Waals surface area contributed by atoms with Crippen molar-refractivity contribution in [1.82, 2.24) is 0 Å². The molecule has 2 rings (SSSR count). The molecule has 0 unspecified atom stereocenters. The maximum Gasteiger partial charge on any atom is 0.263 e. The highest BCUT2D eigenvalue weighted by Gasteiger charge is 2.23. The summed E-state index contributed by atoms with van der Waals surface area (Å²) >= 11 is 16.0. The van der Waals surface area contributed by atoms with Crippen molar-refractivity contribution in [2.75, 3.05) is 4.72 Å². The van der Waals surface area contributed by atoms with E-state index in [-0.39, 0.29) is 27.2 Å². The molecule has 0 saturated carbocycles. The van der Waals surface area contributed by atoms with Crippen LogP contribution in [-0.4, -0.2) is 8.42 Å². The van der Waals surface area contributed by atoms with Gasteiger partial charge in [-0.15, -0.1) is 11.3 Å². The lowest BCUT2D eigenvalue weighted by Gasteiger charge is -2.11. The quantitative estimate of drug-likeness (QED) is 0.758. The Morgan fingerprint density at radius 3 is 2.33 bits per heavy atom.